The van der Waals surface area contributed by atoms with Gasteiger partial charge in [0.15, 0.2) is 0 Å². The summed E-state index contributed by atoms with van der Waals surface area (Å²) in [5, 5.41) is 0.531. The van der Waals surface area contributed by atoms with Crippen molar-refractivity contribution in [1.29, 1.82) is 0 Å². The number of hydroxylamine groups is 2. The molecule has 30 heavy (non-hydrogen) atoms. The number of hydrogen-bond acceptors (Lipinski definition) is 7. The van der Waals surface area contributed by atoms with Crippen molar-refractivity contribution in [2.75, 3.05) is 19.7 Å². The number of carbonyl (C=O) groups is 4. The van der Waals surface area contributed by atoms with Crippen molar-refractivity contribution in [3.8, 4) is 0 Å². The van der Waals surface area contributed by atoms with E-state index < -0.39 is 41.0 Å². The number of carbonyl (C=O) groups excluding carboxylic acids is 4. The smallest absolute Gasteiger partial charge is 0.410 e. The van der Waals surface area contributed by atoms with E-state index in [1.807, 2.05) is 0 Å². The zero-order valence-electron chi connectivity index (χ0n) is 17.2. The van der Waals surface area contributed by atoms with Crippen LogP contribution in [0.2, 0.25) is 0 Å². The molecular weight excluding hydrogens is 392 g/mol. The van der Waals surface area contributed by atoms with Gasteiger partial charge in [0, 0.05) is 6.61 Å². The van der Waals surface area contributed by atoms with Crippen LogP contribution in [0.3, 0.4) is 0 Å². The molecule has 1 unspecified atom stereocenters. The predicted molar refractivity (Wildman–Crippen MR) is 102 cm³/mol. The fourth-order valence-corrected chi connectivity index (χ4v) is 3.97. The second kappa shape index (κ2) is 7.09. The first-order valence-corrected chi connectivity index (χ1v) is 9.90. The van der Waals surface area contributed by atoms with Crippen LogP contribution in [0.4, 0.5) is 4.79 Å². The van der Waals surface area contributed by atoms with Gasteiger partial charge in [-0.2, -0.15) is 0 Å². The third kappa shape index (κ3) is 3.65. The van der Waals surface area contributed by atoms with E-state index in [0.29, 0.717) is 37.6 Å². The number of hydrogen-bond donors (Lipinski definition) is 0. The third-order valence-electron chi connectivity index (χ3n) is 5.37. The first-order valence-electron chi connectivity index (χ1n) is 9.90. The minimum Gasteiger partial charge on any atom is -0.444 e. The van der Waals surface area contributed by atoms with Gasteiger partial charge in [-0.25, -0.2) is 9.59 Å². The minimum atomic E-state index is -0.650. The number of benzene rings is 1. The lowest BCUT2D eigenvalue weighted by atomic mass is 9.80. The van der Waals surface area contributed by atoms with Crippen LogP contribution in [0.15, 0.2) is 24.3 Å². The molecule has 1 atom stereocenters. The van der Waals surface area contributed by atoms with Crippen LogP contribution in [0.1, 0.15) is 54.3 Å². The molecule has 1 aromatic rings. The summed E-state index contributed by atoms with van der Waals surface area (Å²) in [5.74, 6) is -2.48. The van der Waals surface area contributed by atoms with Crippen molar-refractivity contribution in [3.05, 3.63) is 35.4 Å². The Labute approximate surface area is 173 Å². The minimum absolute atomic E-state index is 0.214. The van der Waals surface area contributed by atoms with Gasteiger partial charge >= 0.3 is 12.1 Å². The SMILES string of the molecule is CC(C)(C)OC(=O)N1CC2(CC(C(=O)ON3C(=O)c4ccccc4C3=O)CCO2)C1. The van der Waals surface area contributed by atoms with Crippen LogP contribution < -0.4 is 0 Å². The molecule has 0 aliphatic carbocycles. The van der Waals surface area contributed by atoms with Crippen molar-refractivity contribution in [1.82, 2.24) is 9.96 Å². The van der Waals surface area contributed by atoms with E-state index in [-0.39, 0.29) is 11.1 Å². The van der Waals surface area contributed by atoms with Crippen LogP contribution in [-0.4, -0.2) is 64.7 Å². The van der Waals surface area contributed by atoms with Crippen LogP contribution >= 0.6 is 0 Å². The molecule has 1 aromatic carbocycles. The Hall–Kier alpha value is -2.94. The Bertz CT molecular complexity index is 879. The predicted octanol–water partition coefficient (Wildman–Crippen LogP) is 2.16. The van der Waals surface area contributed by atoms with Gasteiger partial charge in [0.25, 0.3) is 11.8 Å². The molecule has 0 radical (unpaired) electrons. The first kappa shape index (κ1) is 20.3. The fourth-order valence-electron chi connectivity index (χ4n) is 3.97. The maximum Gasteiger partial charge on any atom is 0.410 e. The number of ether oxygens (including phenoxy) is 2. The van der Waals surface area contributed by atoms with Gasteiger partial charge in [0.2, 0.25) is 0 Å². The molecule has 4 rings (SSSR count). The monoisotopic (exact) mass is 416 g/mol. The second-order valence-corrected chi connectivity index (χ2v) is 8.92. The zero-order valence-corrected chi connectivity index (χ0v) is 17.2. The van der Waals surface area contributed by atoms with E-state index in [1.165, 1.54) is 17.0 Å². The van der Waals surface area contributed by atoms with Gasteiger partial charge in [-0.1, -0.05) is 17.2 Å². The number of imide groups is 1. The van der Waals surface area contributed by atoms with Gasteiger partial charge in [-0.15, -0.1) is 0 Å². The summed E-state index contributed by atoms with van der Waals surface area (Å²) < 4.78 is 11.2. The molecule has 0 N–H and O–H groups in total. The van der Waals surface area contributed by atoms with Crippen molar-refractivity contribution in [3.63, 3.8) is 0 Å². The number of rotatable bonds is 2. The van der Waals surface area contributed by atoms with Crippen molar-refractivity contribution in [2.24, 2.45) is 5.92 Å². The van der Waals surface area contributed by atoms with Gasteiger partial charge in [-0.05, 0) is 45.7 Å². The average Bonchev–Trinajstić information content (AvgIpc) is 2.90. The highest BCUT2D eigenvalue weighted by atomic mass is 16.7. The van der Waals surface area contributed by atoms with E-state index >= 15 is 0 Å². The van der Waals surface area contributed by atoms with Crippen LogP contribution in [0.25, 0.3) is 0 Å². The Kier molecular flexibility index (Phi) is 4.80. The van der Waals surface area contributed by atoms with Crippen molar-refractivity contribution in [2.45, 2.75) is 44.8 Å². The quantitative estimate of drug-likeness (QED) is 0.681. The lowest BCUT2D eigenvalue weighted by Crippen LogP contribution is -2.67. The first-order chi connectivity index (χ1) is 14.1. The van der Waals surface area contributed by atoms with E-state index in [1.54, 1.807) is 32.9 Å². The molecule has 3 amide bonds. The molecule has 9 nitrogen and oxygen atoms in total. The summed E-state index contributed by atoms with van der Waals surface area (Å²) in [6.45, 7) is 6.34. The largest absolute Gasteiger partial charge is 0.444 e. The molecule has 0 saturated carbocycles. The zero-order chi connectivity index (χ0) is 21.7. The summed E-state index contributed by atoms with van der Waals surface area (Å²) in [6, 6.07) is 6.33. The maximum absolute atomic E-state index is 12.7. The van der Waals surface area contributed by atoms with E-state index in [4.69, 9.17) is 14.3 Å². The lowest BCUT2D eigenvalue weighted by Gasteiger charge is -2.52. The highest BCUT2D eigenvalue weighted by molar-refractivity contribution is 6.20. The summed E-state index contributed by atoms with van der Waals surface area (Å²) in [7, 11) is 0. The number of fused-ring (bicyclic) bond motifs is 1. The molecular formula is C21H24N2O7. The average molecular weight is 416 g/mol. The molecule has 1 spiro atoms. The Morgan fingerprint density at radius 2 is 1.70 bits per heavy atom. The highest BCUT2D eigenvalue weighted by Gasteiger charge is 2.52. The highest BCUT2D eigenvalue weighted by Crippen LogP contribution is 2.38. The molecule has 160 valence electrons. The topological polar surface area (TPSA) is 102 Å². The number of nitrogens with zero attached hydrogens (tertiary/aromatic N) is 2. The van der Waals surface area contributed by atoms with E-state index in [2.05, 4.69) is 0 Å². The number of amides is 3. The van der Waals surface area contributed by atoms with Crippen molar-refractivity contribution < 1.29 is 33.5 Å². The lowest BCUT2D eigenvalue weighted by molar-refractivity contribution is -0.198. The standard InChI is InChI=1S/C21H24N2O7/c1-20(2,3)29-19(27)22-11-21(12-22)10-13(8-9-28-21)18(26)30-23-16(24)14-6-4-5-7-15(14)17(23)25/h4-7,13H,8-12H2,1-3H3. The second-order valence-electron chi connectivity index (χ2n) is 8.92. The summed E-state index contributed by atoms with van der Waals surface area (Å²) in [6.07, 6.45) is 0.331. The van der Waals surface area contributed by atoms with Gasteiger partial charge in [-0.3, -0.25) is 9.59 Å². The fraction of sp³-hybridized carbons (Fsp3) is 0.524. The Balaban J connectivity index is 1.36. The Morgan fingerprint density at radius 1 is 1.10 bits per heavy atom. The molecule has 3 aliphatic rings. The third-order valence-corrected chi connectivity index (χ3v) is 5.37. The summed E-state index contributed by atoms with van der Waals surface area (Å²) in [5.41, 5.74) is -0.802. The van der Waals surface area contributed by atoms with Crippen LogP contribution in [0.5, 0.6) is 0 Å². The normalized spacial score (nSPS) is 22.6. The van der Waals surface area contributed by atoms with Gasteiger partial charge in [0.1, 0.15) is 11.2 Å². The molecule has 0 aromatic heterocycles. The summed E-state index contributed by atoms with van der Waals surface area (Å²) >= 11 is 0. The molecule has 2 saturated heterocycles. The van der Waals surface area contributed by atoms with Crippen LogP contribution in [-0.2, 0) is 19.1 Å². The maximum atomic E-state index is 12.7. The molecule has 0 bridgehead atoms. The molecule has 9 heteroatoms. The molecule has 2 fully saturated rings. The van der Waals surface area contributed by atoms with Gasteiger partial charge in [0.05, 0.1) is 30.1 Å². The van der Waals surface area contributed by atoms with Gasteiger partial charge < -0.3 is 19.2 Å². The summed E-state index contributed by atoms with van der Waals surface area (Å²) in [4.78, 5) is 56.4. The molecule has 3 aliphatic heterocycles. The van der Waals surface area contributed by atoms with E-state index in [9.17, 15) is 19.2 Å². The van der Waals surface area contributed by atoms with E-state index in [0.717, 1.165) is 0 Å². The Morgan fingerprint density at radius 3 is 2.27 bits per heavy atom. The van der Waals surface area contributed by atoms with Crippen molar-refractivity contribution >= 4 is 23.9 Å². The number of likely N-dealkylation sites (tertiary alicyclic amines) is 1. The molecule has 3 heterocycles. The van der Waals surface area contributed by atoms with Crippen LogP contribution in [0, 0.1) is 5.92 Å².